The number of nitrogens with zero attached hydrogens (tertiary/aromatic N) is 3. The van der Waals surface area contributed by atoms with Gasteiger partial charge in [-0.3, -0.25) is 0 Å². The predicted octanol–water partition coefficient (Wildman–Crippen LogP) is 5.47. The number of amides is 1. The van der Waals surface area contributed by atoms with Crippen LogP contribution in [0.25, 0.3) is 10.9 Å². The minimum absolute atomic E-state index is 0.231. The summed E-state index contributed by atoms with van der Waals surface area (Å²) in [6.45, 7) is 11.0. The van der Waals surface area contributed by atoms with Gasteiger partial charge in [0.25, 0.3) is 0 Å². The number of carbonyl (C=O) groups excluding carboxylic acids is 1. The first-order chi connectivity index (χ1) is 16.8. The fourth-order valence-electron chi connectivity index (χ4n) is 4.43. The molecule has 7 nitrogen and oxygen atoms in total. The van der Waals surface area contributed by atoms with Gasteiger partial charge in [-0.05, 0) is 69.5 Å². The maximum Gasteiger partial charge on any atom is 0.410 e. The zero-order valence-corrected chi connectivity index (χ0v) is 21.0. The lowest BCUT2D eigenvalue weighted by atomic mass is 9.93. The second kappa shape index (κ2) is 10.3. The third-order valence-corrected chi connectivity index (χ3v) is 6.22. The van der Waals surface area contributed by atoms with Crippen LogP contribution in [0.15, 0.2) is 48.7 Å². The van der Waals surface area contributed by atoms with Gasteiger partial charge in [0.05, 0.1) is 18.6 Å². The summed E-state index contributed by atoms with van der Waals surface area (Å²) in [4.78, 5) is 19.8. The molecule has 7 heteroatoms. The van der Waals surface area contributed by atoms with E-state index in [1.807, 2.05) is 58.2 Å². The van der Waals surface area contributed by atoms with Gasteiger partial charge in [0.15, 0.2) is 0 Å². The molecule has 184 valence electrons. The Kier molecular flexibility index (Phi) is 7.20. The fourth-order valence-corrected chi connectivity index (χ4v) is 4.43. The number of fused-ring (bicyclic) bond motifs is 1. The number of nitriles is 1. The average Bonchev–Trinajstić information content (AvgIpc) is 3.24. The molecule has 0 spiro atoms. The average molecular weight is 475 g/mol. The first-order valence-electron chi connectivity index (χ1n) is 12.2. The number of piperazine rings is 1. The fraction of sp³-hybridized carbons (Fsp3) is 0.429. The van der Waals surface area contributed by atoms with Gasteiger partial charge >= 0.3 is 6.09 Å². The number of ether oxygens (including phenoxy) is 2. The zero-order valence-electron chi connectivity index (χ0n) is 21.0. The summed E-state index contributed by atoms with van der Waals surface area (Å²) < 4.78 is 11.0. The van der Waals surface area contributed by atoms with Crippen molar-refractivity contribution in [1.82, 2.24) is 9.88 Å². The Morgan fingerprint density at radius 1 is 1.11 bits per heavy atom. The van der Waals surface area contributed by atoms with E-state index in [1.165, 1.54) is 0 Å². The molecule has 0 aliphatic carbocycles. The molecule has 1 N–H and O–H groups in total. The van der Waals surface area contributed by atoms with Crippen LogP contribution in [0.3, 0.4) is 0 Å². The van der Waals surface area contributed by atoms with Crippen molar-refractivity contribution in [2.75, 3.05) is 37.7 Å². The highest BCUT2D eigenvalue weighted by Gasteiger charge is 2.26. The van der Waals surface area contributed by atoms with Crippen LogP contribution in [0, 0.1) is 11.3 Å². The highest BCUT2D eigenvalue weighted by Crippen LogP contribution is 2.30. The maximum absolute atomic E-state index is 12.3. The van der Waals surface area contributed by atoms with Gasteiger partial charge in [-0.25, -0.2) is 4.79 Å². The van der Waals surface area contributed by atoms with Gasteiger partial charge in [-0.1, -0.05) is 18.2 Å². The van der Waals surface area contributed by atoms with Gasteiger partial charge in [0.2, 0.25) is 0 Å². The monoisotopic (exact) mass is 474 g/mol. The van der Waals surface area contributed by atoms with E-state index in [-0.39, 0.29) is 12.0 Å². The largest absolute Gasteiger partial charge is 0.494 e. The highest BCUT2D eigenvalue weighted by molar-refractivity contribution is 5.86. The van der Waals surface area contributed by atoms with E-state index in [1.54, 1.807) is 4.90 Å². The Labute approximate surface area is 207 Å². The molecule has 0 saturated carbocycles. The number of hydrogen-bond acceptors (Lipinski definition) is 5. The summed E-state index contributed by atoms with van der Waals surface area (Å²) in [7, 11) is 0. The zero-order chi connectivity index (χ0) is 25.0. The van der Waals surface area contributed by atoms with Gasteiger partial charge in [-0.2, -0.15) is 5.26 Å². The SMILES string of the molecule is CCOc1ccc(C(C#N)Cc2c[nH]c3cc(N4CCN(C(=O)OC(C)(C)C)CC4)ccc23)cc1. The molecular formula is C28H34N4O3. The molecule has 2 aromatic carbocycles. The van der Waals surface area contributed by atoms with Gasteiger partial charge in [0, 0.05) is 49.0 Å². The van der Waals surface area contributed by atoms with Crippen molar-refractivity contribution >= 4 is 22.7 Å². The molecular weight excluding hydrogens is 440 g/mol. The Balaban J connectivity index is 1.42. The first-order valence-corrected chi connectivity index (χ1v) is 12.2. The van der Waals surface area contributed by atoms with Crippen molar-refractivity contribution in [2.45, 2.75) is 45.6 Å². The summed E-state index contributed by atoms with van der Waals surface area (Å²) in [5.41, 5.74) is 3.81. The molecule has 35 heavy (non-hydrogen) atoms. The molecule has 0 bridgehead atoms. The van der Waals surface area contributed by atoms with E-state index in [9.17, 15) is 10.1 Å². The van der Waals surface area contributed by atoms with E-state index in [4.69, 9.17) is 9.47 Å². The number of benzene rings is 2. The molecule has 1 aromatic heterocycles. The lowest BCUT2D eigenvalue weighted by molar-refractivity contribution is 0.0240. The van der Waals surface area contributed by atoms with Crippen LogP contribution >= 0.6 is 0 Å². The van der Waals surface area contributed by atoms with Crippen LogP contribution in [0.4, 0.5) is 10.5 Å². The van der Waals surface area contributed by atoms with Gasteiger partial charge < -0.3 is 24.3 Å². The highest BCUT2D eigenvalue weighted by atomic mass is 16.6. The standard InChI is InChI=1S/C28H34N4O3/c1-5-34-24-9-6-20(7-10-24)21(18-29)16-22-19-30-26-17-23(8-11-25(22)26)31-12-14-32(15-13-31)27(33)35-28(2,3)4/h6-11,17,19,21,30H,5,12-16H2,1-4H3. The Morgan fingerprint density at radius 2 is 1.83 bits per heavy atom. The molecule has 1 fully saturated rings. The number of aromatic amines is 1. The van der Waals surface area contributed by atoms with Crippen molar-refractivity contribution in [3.63, 3.8) is 0 Å². The van der Waals surface area contributed by atoms with E-state index in [2.05, 4.69) is 34.2 Å². The molecule has 1 aliphatic heterocycles. The van der Waals surface area contributed by atoms with Crippen LogP contribution in [0.1, 0.15) is 44.7 Å². The van der Waals surface area contributed by atoms with E-state index < -0.39 is 5.60 Å². The maximum atomic E-state index is 12.3. The minimum atomic E-state index is -0.484. The minimum Gasteiger partial charge on any atom is -0.494 e. The molecule has 1 aliphatic rings. The molecule has 1 atom stereocenters. The van der Waals surface area contributed by atoms with E-state index in [0.717, 1.165) is 46.6 Å². The molecule has 1 unspecified atom stereocenters. The summed E-state index contributed by atoms with van der Waals surface area (Å²) in [5, 5.41) is 11.0. The number of hydrogen-bond donors (Lipinski definition) is 1. The molecule has 1 amide bonds. The van der Waals surface area contributed by atoms with Gasteiger partial charge in [-0.15, -0.1) is 0 Å². The molecule has 2 heterocycles. The molecule has 0 radical (unpaired) electrons. The second-order valence-corrected chi connectivity index (χ2v) is 9.89. The summed E-state index contributed by atoms with van der Waals surface area (Å²) >= 11 is 0. The summed E-state index contributed by atoms with van der Waals surface area (Å²) in [5.74, 6) is 0.588. The van der Waals surface area contributed by atoms with Crippen molar-refractivity contribution in [3.05, 3.63) is 59.8 Å². The number of nitrogens with one attached hydrogen (secondary N) is 1. The number of anilines is 1. The third kappa shape index (κ3) is 5.89. The van der Waals surface area contributed by atoms with Crippen molar-refractivity contribution < 1.29 is 14.3 Å². The van der Waals surface area contributed by atoms with E-state index >= 15 is 0 Å². The second-order valence-electron chi connectivity index (χ2n) is 9.89. The molecule has 3 aromatic rings. The Morgan fingerprint density at radius 3 is 2.46 bits per heavy atom. The molecule has 4 rings (SSSR count). The number of carbonyl (C=O) groups is 1. The number of H-pyrrole nitrogens is 1. The van der Waals surface area contributed by atoms with Crippen molar-refractivity contribution in [3.8, 4) is 11.8 Å². The lowest BCUT2D eigenvalue weighted by Crippen LogP contribution is -2.50. The van der Waals surface area contributed by atoms with Crippen molar-refractivity contribution in [1.29, 1.82) is 5.26 Å². The van der Waals surface area contributed by atoms with Gasteiger partial charge in [0.1, 0.15) is 11.4 Å². The normalized spacial score (nSPS) is 15.1. The smallest absolute Gasteiger partial charge is 0.410 e. The van der Waals surface area contributed by atoms with Crippen LogP contribution in [0.2, 0.25) is 0 Å². The third-order valence-electron chi connectivity index (χ3n) is 6.22. The Bertz CT molecular complexity index is 1200. The first kappa shape index (κ1) is 24.5. The number of rotatable bonds is 6. The number of aromatic nitrogens is 1. The summed E-state index contributed by atoms with van der Waals surface area (Å²) in [6, 6.07) is 16.7. The quantitative estimate of drug-likeness (QED) is 0.512. The topological polar surface area (TPSA) is 81.6 Å². The molecule has 1 saturated heterocycles. The van der Waals surface area contributed by atoms with Crippen LogP contribution in [0.5, 0.6) is 5.75 Å². The lowest BCUT2D eigenvalue weighted by Gasteiger charge is -2.36. The summed E-state index contributed by atoms with van der Waals surface area (Å²) in [6.07, 6.45) is 2.40. The van der Waals surface area contributed by atoms with Crippen LogP contribution in [-0.4, -0.2) is 54.4 Å². The van der Waals surface area contributed by atoms with Crippen LogP contribution in [-0.2, 0) is 11.2 Å². The predicted molar refractivity (Wildman–Crippen MR) is 138 cm³/mol. The Hall–Kier alpha value is -3.66. The van der Waals surface area contributed by atoms with Crippen molar-refractivity contribution in [2.24, 2.45) is 0 Å². The van der Waals surface area contributed by atoms with E-state index in [0.29, 0.717) is 26.1 Å². The van der Waals surface area contributed by atoms with Crippen LogP contribution < -0.4 is 9.64 Å².